The Morgan fingerprint density at radius 2 is 2.21 bits per heavy atom. The first-order chi connectivity index (χ1) is 9.11. The Hall–Kier alpha value is -2.05. The van der Waals surface area contributed by atoms with Gasteiger partial charge in [-0.25, -0.2) is 4.79 Å². The average Bonchev–Trinajstić information content (AvgIpc) is 2.87. The highest BCUT2D eigenvalue weighted by Gasteiger charge is 2.12. The molecule has 0 aliphatic carbocycles. The first-order valence-corrected chi connectivity index (χ1v) is 6.32. The lowest BCUT2D eigenvalue weighted by Gasteiger charge is -2.14. The van der Waals surface area contributed by atoms with Crippen molar-refractivity contribution in [2.24, 2.45) is 5.92 Å². The summed E-state index contributed by atoms with van der Waals surface area (Å²) < 4.78 is 1.72. The first-order valence-electron chi connectivity index (χ1n) is 6.32. The van der Waals surface area contributed by atoms with Crippen molar-refractivity contribution in [3.8, 4) is 0 Å². The van der Waals surface area contributed by atoms with E-state index in [1.165, 1.54) is 0 Å². The maximum Gasteiger partial charge on any atom is 0.314 e. The number of urea groups is 1. The molecule has 2 amide bonds. The molecule has 106 valence electrons. The molecule has 1 aromatic rings. The van der Waals surface area contributed by atoms with Crippen LogP contribution in [-0.2, 0) is 11.3 Å². The summed E-state index contributed by atoms with van der Waals surface area (Å²) in [7, 11) is 0. The number of carbonyl (C=O) groups excluding carboxylic acids is 1. The number of carboxylic acids is 1. The largest absolute Gasteiger partial charge is 0.481 e. The minimum Gasteiger partial charge on any atom is -0.481 e. The van der Waals surface area contributed by atoms with Crippen LogP contribution in [0.5, 0.6) is 0 Å². The van der Waals surface area contributed by atoms with Crippen LogP contribution in [0.1, 0.15) is 19.8 Å². The first kappa shape index (κ1) is 15.0. The van der Waals surface area contributed by atoms with Gasteiger partial charge < -0.3 is 15.7 Å². The van der Waals surface area contributed by atoms with E-state index in [0.717, 1.165) is 6.42 Å². The van der Waals surface area contributed by atoms with Gasteiger partial charge in [0.15, 0.2) is 0 Å². The molecule has 0 saturated carbocycles. The molecule has 7 heteroatoms. The van der Waals surface area contributed by atoms with Crippen molar-refractivity contribution in [1.82, 2.24) is 20.4 Å². The van der Waals surface area contributed by atoms with Gasteiger partial charge in [0.2, 0.25) is 0 Å². The van der Waals surface area contributed by atoms with Crippen molar-refractivity contribution in [2.75, 3.05) is 13.1 Å². The minimum atomic E-state index is -0.840. The number of aromatic nitrogens is 2. The normalized spacial score (nSPS) is 11.8. The fourth-order valence-corrected chi connectivity index (χ4v) is 1.62. The van der Waals surface area contributed by atoms with E-state index in [1.54, 1.807) is 10.9 Å². The SMILES string of the molecule is CCC(CNC(=O)NCCn1cccn1)CC(=O)O. The van der Waals surface area contributed by atoms with Crippen LogP contribution in [0.3, 0.4) is 0 Å². The summed E-state index contributed by atoms with van der Waals surface area (Å²) in [6, 6.07) is 1.54. The third-order valence-electron chi connectivity index (χ3n) is 2.78. The molecule has 0 radical (unpaired) electrons. The van der Waals surface area contributed by atoms with Crippen LogP contribution in [0.2, 0.25) is 0 Å². The Balaban J connectivity index is 2.14. The maximum absolute atomic E-state index is 11.5. The number of hydrogen-bond donors (Lipinski definition) is 3. The van der Waals surface area contributed by atoms with Crippen molar-refractivity contribution >= 4 is 12.0 Å². The molecule has 1 aromatic heterocycles. The van der Waals surface area contributed by atoms with Crippen LogP contribution in [0, 0.1) is 5.92 Å². The highest BCUT2D eigenvalue weighted by Crippen LogP contribution is 2.06. The van der Waals surface area contributed by atoms with E-state index in [1.807, 2.05) is 19.2 Å². The number of hydrogen-bond acceptors (Lipinski definition) is 3. The molecular formula is C12H20N4O3. The van der Waals surface area contributed by atoms with E-state index in [4.69, 9.17) is 5.11 Å². The molecule has 0 spiro atoms. The Bertz CT molecular complexity index is 392. The monoisotopic (exact) mass is 268 g/mol. The summed E-state index contributed by atoms with van der Waals surface area (Å²) in [5, 5.41) is 18.1. The van der Waals surface area contributed by atoms with E-state index in [-0.39, 0.29) is 18.4 Å². The molecule has 1 heterocycles. The highest BCUT2D eigenvalue weighted by atomic mass is 16.4. The second-order valence-electron chi connectivity index (χ2n) is 4.28. The van der Waals surface area contributed by atoms with Gasteiger partial charge in [-0.2, -0.15) is 5.10 Å². The van der Waals surface area contributed by atoms with E-state index >= 15 is 0 Å². The number of rotatable bonds is 8. The predicted octanol–water partition coefficient (Wildman–Crippen LogP) is 0.683. The molecule has 0 aliphatic heterocycles. The summed E-state index contributed by atoms with van der Waals surface area (Å²) >= 11 is 0. The lowest BCUT2D eigenvalue weighted by molar-refractivity contribution is -0.138. The Kier molecular flexibility index (Phi) is 6.42. The van der Waals surface area contributed by atoms with Gasteiger partial charge in [-0.1, -0.05) is 13.3 Å². The third kappa shape index (κ3) is 6.44. The Morgan fingerprint density at radius 3 is 2.79 bits per heavy atom. The summed E-state index contributed by atoms with van der Waals surface area (Å²) in [6.45, 7) is 3.36. The predicted molar refractivity (Wildman–Crippen MR) is 69.7 cm³/mol. The molecule has 1 unspecified atom stereocenters. The Labute approximate surface area is 112 Å². The summed E-state index contributed by atoms with van der Waals surface area (Å²) in [5.41, 5.74) is 0. The molecule has 0 saturated heterocycles. The zero-order chi connectivity index (χ0) is 14.1. The van der Waals surface area contributed by atoms with Crippen LogP contribution >= 0.6 is 0 Å². The van der Waals surface area contributed by atoms with Crippen LogP contribution in [0.4, 0.5) is 4.79 Å². The van der Waals surface area contributed by atoms with E-state index in [9.17, 15) is 9.59 Å². The fourth-order valence-electron chi connectivity index (χ4n) is 1.62. The molecule has 3 N–H and O–H groups in total. The standard InChI is InChI=1S/C12H20N4O3/c1-2-10(8-11(17)18)9-14-12(19)13-5-7-16-6-3-4-15-16/h3-4,6,10H,2,5,7-9H2,1H3,(H,17,18)(H2,13,14,19). The number of amides is 2. The summed E-state index contributed by atoms with van der Waals surface area (Å²) in [5.74, 6) is -0.873. The smallest absolute Gasteiger partial charge is 0.314 e. The second kappa shape index (κ2) is 8.12. The lowest BCUT2D eigenvalue weighted by Crippen LogP contribution is -2.39. The molecule has 19 heavy (non-hydrogen) atoms. The van der Waals surface area contributed by atoms with E-state index in [0.29, 0.717) is 19.6 Å². The molecule has 1 atom stereocenters. The summed E-state index contributed by atoms with van der Waals surface area (Å²) in [4.78, 5) is 22.1. The van der Waals surface area contributed by atoms with Crippen LogP contribution < -0.4 is 10.6 Å². The number of carbonyl (C=O) groups is 2. The van der Waals surface area contributed by atoms with Gasteiger partial charge in [0.25, 0.3) is 0 Å². The van der Waals surface area contributed by atoms with Crippen LogP contribution in [0.25, 0.3) is 0 Å². The average molecular weight is 268 g/mol. The molecule has 0 aliphatic rings. The Morgan fingerprint density at radius 1 is 1.42 bits per heavy atom. The second-order valence-corrected chi connectivity index (χ2v) is 4.28. The van der Waals surface area contributed by atoms with E-state index in [2.05, 4.69) is 15.7 Å². The van der Waals surface area contributed by atoms with E-state index < -0.39 is 5.97 Å². The minimum absolute atomic E-state index is 0.0330. The quantitative estimate of drug-likeness (QED) is 0.646. The van der Waals surface area contributed by atoms with Crippen molar-refractivity contribution in [2.45, 2.75) is 26.3 Å². The molecular weight excluding hydrogens is 248 g/mol. The fraction of sp³-hybridized carbons (Fsp3) is 0.583. The van der Waals surface area contributed by atoms with Gasteiger partial charge in [-0.15, -0.1) is 0 Å². The van der Waals surface area contributed by atoms with Gasteiger partial charge in [0.05, 0.1) is 6.54 Å². The van der Waals surface area contributed by atoms with Crippen molar-refractivity contribution < 1.29 is 14.7 Å². The summed E-state index contributed by atoms with van der Waals surface area (Å²) in [6.07, 6.45) is 4.29. The number of aliphatic carboxylic acids is 1. The van der Waals surface area contributed by atoms with Crippen LogP contribution in [-0.4, -0.2) is 40.0 Å². The van der Waals surface area contributed by atoms with Gasteiger partial charge in [-0.3, -0.25) is 9.48 Å². The lowest BCUT2D eigenvalue weighted by atomic mass is 10.0. The van der Waals surface area contributed by atoms with Crippen LogP contribution in [0.15, 0.2) is 18.5 Å². The topological polar surface area (TPSA) is 96.3 Å². The van der Waals surface area contributed by atoms with Crippen molar-refractivity contribution in [3.63, 3.8) is 0 Å². The highest BCUT2D eigenvalue weighted by molar-refractivity contribution is 5.73. The van der Waals surface area contributed by atoms with Crippen molar-refractivity contribution in [1.29, 1.82) is 0 Å². The number of nitrogens with one attached hydrogen (secondary N) is 2. The molecule has 1 rings (SSSR count). The maximum atomic E-state index is 11.5. The number of nitrogens with zero attached hydrogens (tertiary/aromatic N) is 2. The zero-order valence-corrected chi connectivity index (χ0v) is 11.0. The molecule has 0 bridgehead atoms. The van der Waals surface area contributed by atoms with Gasteiger partial charge >= 0.3 is 12.0 Å². The van der Waals surface area contributed by atoms with Crippen molar-refractivity contribution in [3.05, 3.63) is 18.5 Å². The molecule has 0 fully saturated rings. The van der Waals surface area contributed by atoms with Gasteiger partial charge in [0, 0.05) is 31.9 Å². The zero-order valence-electron chi connectivity index (χ0n) is 11.0. The van der Waals surface area contributed by atoms with Gasteiger partial charge in [-0.05, 0) is 12.0 Å². The molecule has 0 aromatic carbocycles. The molecule has 7 nitrogen and oxygen atoms in total. The van der Waals surface area contributed by atoms with Gasteiger partial charge in [0.1, 0.15) is 0 Å². The third-order valence-corrected chi connectivity index (χ3v) is 2.78. The number of carboxylic acid groups (broad SMARTS) is 1.